The molecule has 0 aromatic carbocycles. The standard InChI is InChI=1S/C12H21N5O/c1-7(2)5-14-11(18)9(4)16-10-8(3)6-15-12(13)17-10/h6-7,9H,5H2,1-4H3,(H,14,18)(H3,13,15,16,17). The molecule has 1 heterocycles. The second-order valence-corrected chi connectivity index (χ2v) is 4.76. The van der Waals surface area contributed by atoms with Gasteiger partial charge in [-0.2, -0.15) is 4.98 Å². The summed E-state index contributed by atoms with van der Waals surface area (Å²) in [6.07, 6.45) is 1.63. The summed E-state index contributed by atoms with van der Waals surface area (Å²) < 4.78 is 0. The Morgan fingerprint density at radius 2 is 2.11 bits per heavy atom. The number of hydrogen-bond acceptors (Lipinski definition) is 5. The number of nitrogens with one attached hydrogen (secondary N) is 2. The first-order valence-corrected chi connectivity index (χ1v) is 6.03. The number of aryl methyl sites for hydroxylation is 1. The van der Waals surface area contributed by atoms with Crippen molar-refractivity contribution in [2.45, 2.75) is 33.7 Å². The third-order valence-electron chi connectivity index (χ3n) is 2.42. The number of carbonyl (C=O) groups excluding carboxylic acids is 1. The van der Waals surface area contributed by atoms with Crippen molar-refractivity contribution in [3.05, 3.63) is 11.8 Å². The number of nitrogens with zero attached hydrogens (tertiary/aromatic N) is 2. The quantitative estimate of drug-likeness (QED) is 0.724. The Hall–Kier alpha value is -1.85. The number of carbonyl (C=O) groups is 1. The Bertz CT molecular complexity index is 419. The molecule has 1 atom stereocenters. The summed E-state index contributed by atoms with van der Waals surface area (Å²) in [7, 11) is 0. The summed E-state index contributed by atoms with van der Waals surface area (Å²) in [6.45, 7) is 8.41. The molecule has 1 unspecified atom stereocenters. The van der Waals surface area contributed by atoms with Crippen molar-refractivity contribution in [3.63, 3.8) is 0 Å². The van der Waals surface area contributed by atoms with Crippen molar-refractivity contribution in [2.24, 2.45) is 5.92 Å². The monoisotopic (exact) mass is 251 g/mol. The van der Waals surface area contributed by atoms with Crippen LogP contribution in [0.3, 0.4) is 0 Å². The number of aromatic nitrogens is 2. The minimum atomic E-state index is -0.364. The molecule has 0 saturated carbocycles. The maximum absolute atomic E-state index is 11.8. The Morgan fingerprint density at radius 3 is 2.72 bits per heavy atom. The molecule has 18 heavy (non-hydrogen) atoms. The van der Waals surface area contributed by atoms with Crippen molar-refractivity contribution in [1.29, 1.82) is 0 Å². The van der Waals surface area contributed by atoms with Crippen molar-refractivity contribution >= 4 is 17.7 Å². The maximum Gasteiger partial charge on any atom is 0.242 e. The first kappa shape index (κ1) is 14.2. The lowest BCUT2D eigenvalue weighted by Gasteiger charge is -2.16. The van der Waals surface area contributed by atoms with Crippen LogP contribution in [0.2, 0.25) is 0 Å². The first-order chi connectivity index (χ1) is 8.40. The first-order valence-electron chi connectivity index (χ1n) is 6.03. The van der Waals surface area contributed by atoms with Gasteiger partial charge in [0, 0.05) is 18.3 Å². The second-order valence-electron chi connectivity index (χ2n) is 4.76. The highest BCUT2D eigenvalue weighted by molar-refractivity contribution is 5.84. The molecule has 0 spiro atoms. The molecular weight excluding hydrogens is 230 g/mol. The van der Waals surface area contributed by atoms with E-state index in [1.54, 1.807) is 13.1 Å². The second kappa shape index (κ2) is 6.18. The summed E-state index contributed by atoms with van der Waals surface area (Å²) in [4.78, 5) is 19.7. The van der Waals surface area contributed by atoms with Gasteiger partial charge in [-0.15, -0.1) is 0 Å². The molecule has 1 aromatic rings. The summed E-state index contributed by atoms with van der Waals surface area (Å²) >= 11 is 0. The number of amides is 1. The molecule has 0 aliphatic rings. The lowest BCUT2D eigenvalue weighted by Crippen LogP contribution is -2.39. The number of nitrogen functional groups attached to an aromatic ring is 1. The van der Waals surface area contributed by atoms with Crippen LogP contribution in [0.5, 0.6) is 0 Å². The molecule has 0 fully saturated rings. The van der Waals surface area contributed by atoms with Gasteiger partial charge in [-0.1, -0.05) is 13.8 Å². The number of rotatable bonds is 5. The number of hydrogen-bond donors (Lipinski definition) is 3. The van der Waals surface area contributed by atoms with Gasteiger partial charge < -0.3 is 16.4 Å². The topological polar surface area (TPSA) is 92.9 Å². The Labute approximate surface area is 107 Å². The third-order valence-corrected chi connectivity index (χ3v) is 2.42. The number of nitrogens with two attached hydrogens (primary N) is 1. The van der Waals surface area contributed by atoms with E-state index in [1.807, 2.05) is 20.8 Å². The van der Waals surface area contributed by atoms with Crippen molar-refractivity contribution in [2.75, 3.05) is 17.6 Å². The summed E-state index contributed by atoms with van der Waals surface area (Å²) in [5.41, 5.74) is 6.37. The highest BCUT2D eigenvalue weighted by Crippen LogP contribution is 2.12. The van der Waals surface area contributed by atoms with Crippen LogP contribution in [0.25, 0.3) is 0 Å². The van der Waals surface area contributed by atoms with Gasteiger partial charge in [0.15, 0.2) is 0 Å². The molecule has 0 radical (unpaired) electrons. The van der Waals surface area contributed by atoms with Gasteiger partial charge in [0.25, 0.3) is 0 Å². The molecular formula is C12H21N5O. The van der Waals surface area contributed by atoms with Crippen LogP contribution in [0.1, 0.15) is 26.3 Å². The van der Waals surface area contributed by atoms with Crippen LogP contribution in [-0.4, -0.2) is 28.5 Å². The largest absolute Gasteiger partial charge is 0.368 e. The Morgan fingerprint density at radius 1 is 1.44 bits per heavy atom. The zero-order valence-corrected chi connectivity index (χ0v) is 11.3. The minimum absolute atomic E-state index is 0.0553. The molecule has 1 rings (SSSR count). The van der Waals surface area contributed by atoms with E-state index in [-0.39, 0.29) is 17.9 Å². The van der Waals surface area contributed by atoms with E-state index in [0.717, 1.165) is 5.56 Å². The Kier molecular flexibility index (Phi) is 4.88. The van der Waals surface area contributed by atoms with Crippen molar-refractivity contribution in [3.8, 4) is 0 Å². The zero-order chi connectivity index (χ0) is 13.7. The van der Waals surface area contributed by atoms with E-state index in [1.165, 1.54) is 0 Å². The molecule has 0 bridgehead atoms. The van der Waals surface area contributed by atoms with Crippen LogP contribution < -0.4 is 16.4 Å². The third kappa shape index (κ3) is 4.20. The fraction of sp³-hybridized carbons (Fsp3) is 0.583. The van der Waals surface area contributed by atoms with E-state index in [9.17, 15) is 4.79 Å². The van der Waals surface area contributed by atoms with Crippen LogP contribution in [0.4, 0.5) is 11.8 Å². The van der Waals surface area contributed by atoms with E-state index in [2.05, 4.69) is 20.6 Å². The normalized spacial score (nSPS) is 12.3. The highest BCUT2D eigenvalue weighted by atomic mass is 16.2. The summed E-state index contributed by atoms with van der Waals surface area (Å²) in [5, 5.41) is 5.89. The van der Waals surface area contributed by atoms with E-state index in [4.69, 9.17) is 5.73 Å². The van der Waals surface area contributed by atoms with Gasteiger partial charge >= 0.3 is 0 Å². The SMILES string of the molecule is Cc1cnc(N)nc1NC(C)C(=O)NCC(C)C. The highest BCUT2D eigenvalue weighted by Gasteiger charge is 2.14. The van der Waals surface area contributed by atoms with Gasteiger partial charge in [-0.05, 0) is 19.8 Å². The zero-order valence-electron chi connectivity index (χ0n) is 11.3. The molecule has 0 saturated heterocycles. The van der Waals surface area contributed by atoms with Crippen LogP contribution in [-0.2, 0) is 4.79 Å². The minimum Gasteiger partial charge on any atom is -0.368 e. The predicted molar refractivity (Wildman–Crippen MR) is 72.1 cm³/mol. The van der Waals surface area contributed by atoms with E-state index in [0.29, 0.717) is 18.3 Å². The van der Waals surface area contributed by atoms with Crippen LogP contribution >= 0.6 is 0 Å². The van der Waals surface area contributed by atoms with Gasteiger partial charge in [0.1, 0.15) is 11.9 Å². The molecule has 100 valence electrons. The lowest BCUT2D eigenvalue weighted by atomic mass is 10.2. The average Bonchev–Trinajstić information content (AvgIpc) is 2.30. The van der Waals surface area contributed by atoms with Gasteiger partial charge in [0.05, 0.1) is 0 Å². The van der Waals surface area contributed by atoms with Gasteiger partial charge in [0.2, 0.25) is 11.9 Å². The molecule has 1 aromatic heterocycles. The molecule has 0 aliphatic carbocycles. The van der Waals surface area contributed by atoms with Crippen LogP contribution in [0.15, 0.2) is 6.20 Å². The van der Waals surface area contributed by atoms with E-state index >= 15 is 0 Å². The molecule has 6 heteroatoms. The average molecular weight is 251 g/mol. The smallest absolute Gasteiger partial charge is 0.242 e. The molecule has 6 nitrogen and oxygen atoms in total. The molecule has 4 N–H and O–H groups in total. The fourth-order valence-electron chi connectivity index (χ4n) is 1.33. The number of anilines is 2. The summed E-state index contributed by atoms with van der Waals surface area (Å²) in [6, 6.07) is -0.364. The van der Waals surface area contributed by atoms with Gasteiger partial charge in [-0.25, -0.2) is 4.98 Å². The van der Waals surface area contributed by atoms with E-state index < -0.39 is 0 Å². The molecule has 0 aliphatic heterocycles. The van der Waals surface area contributed by atoms with Crippen molar-refractivity contribution in [1.82, 2.24) is 15.3 Å². The Balaban J connectivity index is 2.60. The molecule has 1 amide bonds. The van der Waals surface area contributed by atoms with Crippen molar-refractivity contribution < 1.29 is 4.79 Å². The van der Waals surface area contributed by atoms with Crippen LogP contribution in [0, 0.1) is 12.8 Å². The lowest BCUT2D eigenvalue weighted by molar-refractivity contribution is -0.121. The maximum atomic E-state index is 11.8. The summed E-state index contributed by atoms with van der Waals surface area (Å²) in [5.74, 6) is 1.16. The predicted octanol–water partition coefficient (Wildman–Crippen LogP) is 0.940. The fourth-order valence-corrected chi connectivity index (χ4v) is 1.33. The van der Waals surface area contributed by atoms with Gasteiger partial charge in [-0.3, -0.25) is 4.79 Å².